The number of aromatic nitrogens is 2. The van der Waals surface area contributed by atoms with Crippen LogP contribution in [0.15, 0.2) is 29.1 Å². The first-order chi connectivity index (χ1) is 11.2. The van der Waals surface area contributed by atoms with Gasteiger partial charge in [0, 0.05) is 10.6 Å². The van der Waals surface area contributed by atoms with Crippen LogP contribution in [0.3, 0.4) is 0 Å². The molecular formula is C17H11FN2O2S. The number of aryl methyl sites for hydroxylation is 2. The van der Waals surface area contributed by atoms with Crippen molar-refractivity contribution in [1.82, 2.24) is 9.38 Å². The molecule has 0 spiro atoms. The van der Waals surface area contributed by atoms with E-state index in [0.29, 0.717) is 4.96 Å². The fourth-order valence-electron chi connectivity index (χ4n) is 2.78. The van der Waals surface area contributed by atoms with Crippen LogP contribution in [0.1, 0.15) is 22.6 Å². The van der Waals surface area contributed by atoms with Crippen LogP contribution >= 0.6 is 11.3 Å². The lowest BCUT2D eigenvalue weighted by Crippen LogP contribution is -2.14. The van der Waals surface area contributed by atoms with E-state index in [2.05, 4.69) is 10.9 Å². The summed E-state index contributed by atoms with van der Waals surface area (Å²) >= 11 is 1.48. The summed E-state index contributed by atoms with van der Waals surface area (Å²) in [6.45, 7) is 0. The molecule has 0 N–H and O–H groups in total. The zero-order valence-corrected chi connectivity index (χ0v) is 12.8. The molecule has 4 rings (SSSR count). The summed E-state index contributed by atoms with van der Waals surface area (Å²) in [5, 5.41) is 0. The molecule has 0 amide bonds. The summed E-state index contributed by atoms with van der Waals surface area (Å²) in [5.41, 5.74) is 0.933. The highest BCUT2D eigenvalue weighted by molar-refractivity contribution is 7.17. The lowest BCUT2D eigenvalue weighted by atomic mass is 10.2. The smallest absolute Gasteiger partial charge is 0.262 e. The zero-order chi connectivity index (χ0) is 16.0. The van der Waals surface area contributed by atoms with Crippen molar-refractivity contribution >= 4 is 16.3 Å². The van der Waals surface area contributed by atoms with Crippen molar-refractivity contribution in [2.24, 2.45) is 0 Å². The average Bonchev–Trinajstić information content (AvgIpc) is 3.09. The van der Waals surface area contributed by atoms with E-state index in [1.165, 1.54) is 34.4 Å². The SMILES string of the molecule is C#Cc1cccc(Oc2cc(=O)n3c4c(sc3n2)CCC4)c1F. The Kier molecular flexibility index (Phi) is 3.17. The van der Waals surface area contributed by atoms with Gasteiger partial charge in [0.25, 0.3) is 5.56 Å². The molecule has 0 atom stereocenters. The van der Waals surface area contributed by atoms with Crippen LogP contribution in [0, 0.1) is 18.2 Å². The molecule has 0 fully saturated rings. The van der Waals surface area contributed by atoms with Crippen LogP contribution in [-0.2, 0) is 12.8 Å². The molecule has 2 aromatic heterocycles. The third kappa shape index (κ3) is 2.21. The van der Waals surface area contributed by atoms with E-state index in [1.807, 2.05) is 0 Å². The molecule has 3 aromatic rings. The fraction of sp³-hybridized carbons (Fsp3) is 0.176. The molecule has 0 bridgehead atoms. The lowest BCUT2D eigenvalue weighted by molar-refractivity contribution is 0.426. The predicted octanol–water partition coefficient (Wildman–Crippen LogP) is 3.16. The molecule has 0 unspecified atom stereocenters. The van der Waals surface area contributed by atoms with Gasteiger partial charge in [-0.2, -0.15) is 4.98 Å². The third-order valence-corrected chi connectivity index (χ3v) is 4.96. The fourth-order valence-corrected chi connectivity index (χ4v) is 3.99. The molecule has 2 heterocycles. The van der Waals surface area contributed by atoms with Crippen LogP contribution < -0.4 is 10.3 Å². The number of ether oxygens (including phenoxy) is 1. The van der Waals surface area contributed by atoms with Gasteiger partial charge in [-0.3, -0.25) is 9.20 Å². The first kappa shape index (κ1) is 14.0. The highest BCUT2D eigenvalue weighted by atomic mass is 32.1. The van der Waals surface area contributed by atoms with Crippen LogP contribution in [0.2, 0.25) is 0 Å². The molecule has 1 aromatic carbocycles. The van der Waals surface area contributed by atoms with E-state index >= 15 is 0 Å². The monoisotopic (exact) mass is 326 g/mol. The number of nitrogens with zero attached hydrogens (tertiary/aromatic N) is 2. The van der Waals surface area contributed by atoms with E-state index in [4.69, 9.17) is 11.2 Å². The summed E-state index contributed by atoms with van der Waals surface area (Å²) in [6.07, 6.45) is 8.16. The average molecular weight is 326 g/mol. The number of thiazole rings is 1. The molecule has 0 saturated heterocycles. The lowest BCUT2D eigenvalue weighted by Gasteiger charge is -2.07. The van der Waals surface area contributed by atoms with Gasteiger partial charge in [-0.25, -0.2) is 4.39 Å². The maximum absolute atomic E-state index is 14.1. The Labute approximate surface area is 135 Å². The largest absolute Gasteiger partial charge is 0.436 e. The maximum Gasteiger partial charge on any atom is 0.262 e. The van der Waals surface area contributed by atoms with Gasteiger partial charge in [-0.05, 0) is 31.4 Å². The molecule has 0 saturated carbocycles. The van der Waals surface area contributed by atoms with Gasteiger partial charge < -0.3 is 4.74 Å². The minimum absolute atomic E-state index is 0.0409. The predicted molar refractivity (Wildman–Crippen MR) is 85.8 cm³/mol. The van der Waals surface area contributed by atoms with E-state index in [1.54, 1.807) is 10.5 Å². The molecule has 23 heavy (non-hydrogen) atoms. The Morgan fingerprint density at radius 3 is 3.09 bits per heavy atom. The number of benzene rings is 1. The second kappa shape index (κ2) is 5.21. The van der Waals surface area contributed by atoms with Crippen LogP contribution in [0.5, 0.6) is 11.6 Å². The molecule has 1 aliphatic carbocycles. The standard InChI is InChI=1S/C17H11FN2O2S/c1-2-10-5-3-7-12(16(10)18)22-14-9-15(21)20-11-6-4-8-13(11)23-17(20)19-14/h1,3,5,7,9H,4,6,8H2. The van der Waals surface area contributed by atoms with Crippen molar-refractivity contribution in [3.63, 3.8) is 0 Å². The summed E-state index contributed by atoms with van der Waals surface area (Å²) in [7, 11) is 0. The number of halogens is 1. The second-order valence-corrected chi connectivity index (χ2v) is 6.30. The Morgan fingerprint density at radius 1 is 1.39 bits per heavy atom. The van der Waals surface area contributed by atoms with E-state index in [-0.39, 0.29) is 22.8 Å². The Morgan fingerprint density at radius 2 is 2.26 bits per heavy atom. The number of terminal acetylenes is 1. The van der Waals surface area contributed by atoms with Crippen LogP contribution in [-0.4, -0.2) is 9.38 Å². The number of fused-ring (bicyclic) bond motifs is 3. The number of hydrogen-bond acceptors (Lipinski definition) is 4. The molecule has 6 heteroatoms. The highest BCUT2D eigenvalue weighted by Crippen LogP contribution is 2.31. The topological polar surface area (TPSA) is 43.6 Å². The van der Waals surface area contributed by atoms with E-state index in [9.17, 15) is 9.18 Å². The van der Waals surface area contributed by atoms with Crippen LogP contribution in [0.4, 0.5) is 4.39 Å². The summed E-state index contributed by atoms with van der Waals surface area (Å²) in [4.78, 5) is 18.4. The first-order valence-electron chi connectivity index (χ1n) is 7.14. The number of hydrogen-bond donors (Lipinski definition) is 0. The van der Waals surface area contributed by atoms with Crippen molar-refractivity contribution in [2.45, 2.75) is 19.3 Å². The summed E-state index contributed by atoms with van der Waals surface area (Å²) < 4.78 is 21.2. The Hall–Kier alpha value is -2.65. The minimum Gasteiger partial charge on any atom is -0.436 e. The van der Waals surface area contributed by atoms with Gasteiger partial charge in [0.2, 0.25) is 5.88 Å². The molecular weight excluding hydrogens is 315 g/mol. The van der Waals surface area contributed by atoms with Gasteiger partial charge in [0.15, 0.2) is 16.5 Å². The van der Waals surface area contributed by atoms with Gasteiger partial charge in [0.1, 0.15) is 0 Å². The molecule has 0 aliphatic heterocycles. The molecule has 114 valence electrons. The minimum atomic E-state index is -0.634. The highest BCUT2D eigenvalue weighted by Gasteiger charge is 2.20. The van der Waals surface area contributed by atoms with Crippen molar-refractivity contribution in [1.29, 1.82) is 0 Å². The van der Waals surface area contributed by atoms with Gasteiger partial charge >= 0.3 is 0 Å². The first-order valence-corrected chi connectivity index (χ1v) is 7.96. The number of rotatable bonds is 2. The van der Waals surface area contributed by atoms with Crippen molar-refractivity contribution in [2.75, 3.05) is 0 Å². The summed E-state index contributed by atoms with van der Waals surface area (Å²) in [6, 6.07) is 5.81. The quantitative estimate of drug-likeness (QED) is 0.680. The summed E-state index contributed by atoms with van der Waals surface area (Å²) in [5.74, 6) is 1.65. The van der Waals surface area contributed by atoms with Crippen LogP contribution in [0.25, 0.3) is 4.96 Å². The molecule has 0 radical (unpaired) electrons. The maximum atomic E-state index is 14.1. The van der Waals surface area contributed by atoms with Gasteiger partial charge in [0.05, 0.1) is 11.6 Å². The normalized spacial score (nSPS) is 13.0. The second-order valence-electron chi connectivity index (χ2n) is 5.24. The Bertz CT molecular complexity index is 1030. The van der Waals surface area contributed by atoms with Gasteiger partial charge in [-0.1, -0.05) is 12.0 Å². The zero-order valence-electron chi connectivity index (χ0n) is 12.0. The van der Waals surface area contributed by atoms with E-state index < -0.39 is 5.82 Å². The molecule has 4 nitrogen and oxygen atoms in total. The van der Waals surface area contributed by atoms with E-state index in [0.717, 1.165) is 25.0 Å². The van der Waals surface area contributed by atoms with Crippen molar-refractivity contribution < 1.29 is 9.13 Å². The Balaban J connectivity index is 1.79. The van der Waals surface area contributed by atoms with Crippen molar-refractivity contribution in [3.8, 4) is 24.0 Å². The van der Waals surface area contributed by atoms with Gasteiger partial charge in [-0.15, -0.1) is 17.8 Å². The molecule has 1 aliphatic rings. The van der Waals surface area contributed by atoms with Crippen molar-refractivity contribution in [3.05, 3.63) is 56.6 Å². The third-order valence-electron chi connectivity index (χ3n) is 3.82.